The fraction of sp³-hybridized carbons (Fsp3) is 0.318. The first-order chi connectivity index (χ1) is 28.5. The minimum absolute atomic E-state index is 0.0689. The van der Waals surface area contributed by atoms with E-state index in [9.17, 15) is 19.2 Å². The number of hydrogen-bond donors (Lipinski definition) is 5. The Morgan fingerprint density at radius 3 is 1.50 bits per heavy atom. The lowest BCUT2D eigenvalue weighted by molar-refractivity contribution is -0.142. The topological polar surface area (TPSA) is 259 Å². The zero-order valence-electron chi connectivity index (χ0n) is 34.0. The molecule has 0 bridgehead atoms. The maximum atomic E-state index is 13.2. The standard InChI is InChI=1S/C23H25N5O3.C21H21N5O3/c1-4-31-17(30)10-14-7-5-6-13(8-14)9-16(29)20-18-21(28-27-20)19-15(11-23(18,2)3)12-25-22(24)26-19;1-21(2)9-13-10-23-20(22)24-17(13)19-16(21)18(25-26-19)14(27)7-11-4-3-5-12(6-11)8-15(28)29/h5-8,12H,4,9-11H2,1-3H3,(H,27,28)(H2,24,25,26);3-6,10H,7-9H2,1-2H3,(H,25,26)(H,28,29)(H2,22,23,24). The molecule has 0 saturated heterocycles. The summed E-state index contributed by atoms with van der Waals surface area (Å²) in [7, 11) is 0. The molecule has 0 spiro atoms. The number of benzene rings is 2. The van der Waals surface area contributed by atoms with Crippen molar-refractivity contribution in [2.45, 2.75) is 84.0 Å². The van der Waals surface area contributed by atoms with Gasteiger partial charge in [0.15, 0.2) is 11.6 Å². The van der Waals surface area contributed by atoms with Crippen LogP contribution in [-0.4, -0.2) is 75.5 Å². The van der Waals surface area contributed by atoms with Gasteiger partial charge in [-0.3, -0.25) is 29.4 Å². The number of anilines is 2. The number of aliphatic carboxylic acids is 1. The number of carbonyl (C=O) groups is 4. The summed E-state index contributed by atoms with van der Waals surface area (Å²) in [6.45, 7) is 10.4. The van der Waals surface area contributed by atoms with Gasteiger partial charge in [-0.2, -0.15) is 10.2 Å². The Balaban J connectivity index is 0.000000182. The van der Waals surface area contributed by atoms with Crippen molar-refractivity contribution in [3.63, 3.8) is 0 Å². The number of nitrogens with two attached hydrogens (primary N) is 2. The largest absolute Gasteiger partial charge is 0.481 e. The van der Waals surface area contributed by atoms with Crippen LogP contribution in [0.25, 0.3) is 22.8 Å². The maximum Gasteiger partial charge on any atom is 0.310 e. The van der Waals surface area contributed by atoms with Crippen LogP contribution in [0.4, 0.5) is 11.9 Å². The molecule has 7 N–H and O–H groups in total. The van der Waals surface area contributed by atoms with E-state index in [2.05, 4.69) is 68.0 Å². The number of H-pyrrole nitrogens is 2. The number of esters is 1. The third-order valence-corrected chi connectivity index (χ3v) is 10.6. The molecule has 2 aliphatic carbocycles. The van der Waals surface area contributed by atoms with E-state index in [4.69, 9.17) is 21.3 Å². The van der Waals surface area contributed by atoms with Crippen LogP contribution in [0.2, 0.25) is 0 Å². The molecular weight excluding hydrogens is 765 g/mol. The average molecular weight is 811 g/mol. The quantitative estimate of drug-likeness (QED) is 0.0838. The molecule has 60 heavy (non-hydrogen) atoms. The molecule has 16 heteroatoms. The van der Waals surface area contributed by atoms with Gasteiger partial charge in [0.05, 0.1) is 30.8 Å². The Kier molecular flexibility index (Phi) is 11.1. The summed E-state index contributed by atoms with van der Waals surface area (Å²) >= 11 is 0. The molecule has 0 unspecified atom stereocenters. The summed E-state index contributed by atoms with van der Waals surface area (Å²) < 4.78 is 5.01. The Hall–Kier alpha value is -7.10. The third-order valence-electron chi connectivity index (χ3n) is 10.6. The minimum Gasteiger partial charge on any atom is -0.481 e. The highest BCUT2D eigenvalue weighted by Crippen LogP contribution is 2.44. The summed E-state index contributed by atoms with van der Waals surface area (Å²) in [5, 5.41) is 23.6. The molecule has 0 fully saturated rings. The molecule has 0 radical (unpaired) electrons. The second-order valence-corrected chi connectivity index (χ2v) is 16.4. The number of aromatic nitrogens is 8. The van der Waals surface area contributed by atoms with Gasteiger partial charge in [0.25, 0.3) is 0 Å². The number of nitrogens with zero attached hydrogens (tertiary/aromatic N) is 6. The van der Waals surface area contributed by atoms with Crippen molar-refractivity contribution >= 4 is 35.4 Å². The number of carboxylic acids is 1. The average Bonchev–Trinajstić information content (AvgIpc) is 3.84. The van der Waals surface area contributed by atoms with Crippen molar-refractivity contribution < 1.29 is 29.0 Å². The van der Waals surface area contributed by atoms with Gasteiger partial charge in [0.2, 0.25) is 11.9 Å². The van der Waals surface area contributed by atoms with Crippen molar-refractivity contribution in [3.05, 3.63) is 117 Å². The van der Waals surface area contributed by atoms with Crippen molar-refractivity contribution in [1.29, 1.82) is 0 Å². The van der Waals surface area contributed by atoms with Gasteiger partial charge in [0.1, 0.15) is 22.8 Å². The van der Waals surface area contributed by atoms with E-state index in [1.54, 1.807) is 37.5 Å². The normalized spacial score (nSPS) is 14.0. The zero-order valence-corrected chi connectivity index (χ0v) is 34.0. The summed E-state index contributed by atoms with van der Waals surface area (Å²) in [5.74, 6) is -1.02. The van der Waals surface area contributed by atoms with E-state index >= 15 is 0 Å². The van der Waals surface area contributed by atoms with E-state index in [1.807, 2.05) is 30.3 Å². The van der Waals surface area contributed by atoms with Crippen LogP contribution in [0.1, 0.15) is 100 Å². The molecule has 0 atom stereocenters. The first kappa shape index (κ1) is 41.1. The van der Waals surface area contributed by atoms with Gasteiger partial charge in [-0.15, -0.1) is 0 Å². The number of Topliss-reactive ketones (excluding diaryl/α,β-unsaturated/α-hetero) is 2. The lowest BCUT2D eigenvalue weighted by Gasteiger charge is -2.30. The summed E-state index contributed by atoms with van der Waals surface area (Å²) in [6, 6.07) is 14.5. The second-order valence-electron chi connectivity index (χ2n) is 16.4. The predicted molar refractivity (Wildman–Crippen MR) is 222 cm³/mol. The Bertz CT molecular complexity index is 2660. The van der Waals surface area contributed by atoms with Gasteiger partial charge in [0, 0.05) is 36.4 Å². The highest BCUT2D eigenvalue weighted by atomic mass is 16.5. The van der Waals surface area contributed by atoms with E-state index in [0.717, 1.165) is 38.9 Å². The van der Waals surface area contributed by atoms with E-state index in [0.29, 0.717) is 59.2 Å². The number of carboxylic acid groups (broad SMARTS) is 1. The molecule has 2 aliphatic rings. The van der Waals surface area contributed by atoms with Crippen LogP contribution in [-0.2, 0) is 63.7 Å². The monoisotopic (exact) mass is 810 g/mol. The number of rotatable bonds is 11. The number of ether oxygens (including phenoxy) is 1. The van der Waals surface area contributed by atoms with Crippen LogP contribution in [0, 0.1) is 0 Å². The Morgan fingerprint density at radius 1 is 0.667 bits per heavy atom. The van der Waals surface area contributed by atoms with Gasteiger partial charge < -0.3 is 21.3 Å². The molecule has 4 aromatic heterocycles. The van der Waals surface area contributed by atoms with Gasteiger partial charge in [-0.05, 0) is 64.0 Å². The molecule has 6 aromatic rings. The fourth-order valence-electron chi connectivity index (χ4n) is 8.19. The number of hydrogen-bond acceptors (Lipinski definition) is 13. The summed E-state index contributed by atoms with van der Waals surface area (Å²) in [4.78, 5) is 65.9. The lowest BCUT2D eigenvalue weighted by atomic mass is 9.72. The molecule has 16 nitrogen and oxygen atoms in total. The van der Waals surface area contributed by atoms with Crippen LogP contribution < -0.4 is 11.5 Å². The molecule has 8 rings (SSSR count). The molecular formula is C44H46N10O6. The maximum absolute atomic E-state index is 13.2. The fourth-order valence-corrected chi connectivity index (χ4v) is 8.19. The van der Waals surface area contributed by atoms with E-state index in [-0.39, 0.29) is 65.9 Å². The van der Waals surface area contributed by atoms with Crippen LogP contribution in [0.3, 0.4) is 0 Å². The minimum atomic E-state index is -0.905. The predicted octanol–water partition coefficient (Wildman–Crippen LogP) is 5.15. The summed E-state index contributed by atoms with van der Waals surface area (Å²) in [5.41, 5.74) is 21.1. The highest BCUT2D eigenvalue weighted by Gasteiger charge is 2.40. The molecule has 0 amide bonds. The van der Waals surface area contributed by atoms with Gasteiger partial charge in [-0.1, -0.05) is 76.2 Å². The SMILES string of the molecule is CC1(C)Cc2cnc(N)nc2-c2n[nH]c(C(=O)Cc3cccc(CC(=O)O)c3)c21.CCOC(=O)Cc1cccc(CC(=O)c2[nH]nc3c2C(C)(C)Cc2cnc(N)nc2-3)c1. The van der Waals surface area contributed by atoms with Crippen molar-refractivity contribution in [2.75, 3.05) is 18.1 Å². The molecule has 308 valence electrons. The summed E-state index contributed by atoms with van der Waals surface area (Å²) in [6.07, 6.45) is 5.25. The molecule has 2 aromatic carbocycles. The lowest BCUT2D eigenvalue weighted by Crippen LogP contribution is -2.28. The van der Waals surface area contributed by atoms with Crippen molar-refractivity contribution in [1.82, 2.24) is 40.3 Å². The number of aromatic amines is 2. The van der Waals surface area contributed by atoms with Crippen LogP contribution >= 0.6 is 0 Å². The number of fused-ring (bicyclic) bond motifs is 6. The van der Waals surface area contributed by atoms with E-state index < -0.39 is 5.97 Å². The Labute approximate surface area is 345 Å². The highest BCUT2D eigenvalue weighted by molar-refractivity contribution is 6.00. The Morgan fingerprint density at radius 2 is 1.08 bits per heavy atom. The van der Waals surface area contributed by atoms with Crippen molar-refractivity contribution in [2.24, 2.45) is 0 Å². The first-order valence-electron chi connectivity index (χ1n) is 19.5. The molecule has 0 saturated carbocycles. The third kappa shape index (κ3) is 8.53. The van der Waals surface area contributed by atoms with Crippen molar-refractivity contribution in [3.8, 4) is 22.8 Å². The first-order valence-corrected chi connectivity index (χ1v) is 19.5. The smallest absolute Gasteiger partial charge is 0.310 e. The van der Waals surface area contributed by atoms with Crippen LogP contribution in [0.15, 0.2) is 60.9 Å². The number of nitrogen functional groups attached to an aromatic ring is 2. The zero-order chi connectivity index (χ0) is 42.9. The number of carbonyl (C=O) groups excluding carboxylic acids is 3. The molecule has 0 aliphatic heterocycles. The van der Waals surface area contributed by atoms with E-state index in [1.165, 1.54) is 0 Å². The van der Waals surface area contributed by atoms with Gasteiger partial charge >= 0.3 is 11.9 Å². The van der Waals surface area contributed by atoms with Gasteiger partial charge in [-0.25, -0.2) is 19.9 Å². The number of ketones is 2. The molecule has 4 heterocycles. The van der Waals surface area contributed by atoms with Crippen LogP contribution in [0.5, 0.6) is 0 Å². The number of nitrogens with one attached hydrogen (secondary N) is 2. The second kappa shape index (κ2) is 16.3.